The summed E-state index contributed by atoms with van der Waals surface area (Å²) in [6.45, 7) is 4.75. The third-order valence-electron chi connectivity index (χ3n) is 3.22. The molecule has 0 saturated heterocycles. The van der Waals surface area contributed by atoms with E-state index >= 15 is 0 Å². The average Bonchev–Trinajstić information content (AvgIpc) is 2.58. The van der Waals surface area contributed by atoms with Gasteiger partial charge in [-0.1, -0.05) is 0 Å². The van der Waals surface area contributed by atoms with Gasteiger partial charge in [-0.3, -0.25) is 14.9 Å². The largest absolute Gasteiger partial charge is 0.493 e. The predicted molar refractivity (Wildman–Crippen MR) is 91.6 cm³/mol. The highest BCUT2D eigenvalue weighted by Gasteiger charge is 2.27. The second kappa shape index (κ2) is 9.40. The van der Waals surface area contributed by atoms with E-state index in [0.29, 0.717) is 6.29 Å². The molecule has 9 heteroatoms. The molecular weight excluding hydrogens is 344 g/mol. The van der Waals surface area contributed by atoms with Crippen LogP contribution in [0.25, 0.3) is 0 Å². The van der Waals surface area contributed by atoms with Crippen molar-refractivity contribution in [2.45, 2.75) is 32.9 Å². The van der Waals surface area contributed by atoms with Crippen LogP contribution in [0.1, 0.15) is 41.5 Å². The summed E-state index contributed by atoms with van der Waals surface area (Å²) in [5.74, 6) is -1.55. The van der Waals surface area contributed by atoms with Crippen LogP contribution >= 0.6 is 0 Å². The third kappa shape index (κ3) is 5.20. The van der Waals surface area contributed by atoms with Gasteiger partial charge in [0.25, 0.3) is 5.91 Å². The molecule has 1 aromatic rings. The molecule has 142 valence electrons. The summed E-state index contributed by atoms with van der Waals surface area (Å²) >= 11 is 0. The van der Waals surface area contributed by atoms with E-state index in [2.05, 4.69) is 10.6 Å². The number of hydrogen-bond donors (Lipinski definition) is 2. The molecule has 0 aliphatic rings. The summed E-state index contributed by atoms with van der Waals surface area (Å²) in [6.07, 6.45) is -0.824. The highest BCUT2D eigenvalue weighted by molar-refractivity contribution is 6.03. The van der Waals surface area contributed by atoms with Crippen LogP contribution in [0.4, 0.5) is 4.79 Å². The number of imide groups is 1. The Hall–Kier alpha value is -3.10. The first-order chi connectivity index (χ1) is 12.2. The molecule has 1 atom stereocenters. The Kier molecular flexibility index (Phi) is 7.57. The van der Waals surface area contributed by atoms with E-state index in [1.54, 1.807) is 13.8 Å². The second-order valence-corrected chi connectivity index (χ2v) is 5.55. The molecule has 9 nitrogen and oxygen atoms in total. The molecular formula is C17H22N2O7. The Morgan fingerprint density at radius 3 is 2.23 bits per heavy atom. The van der Waals surface area contributed by atoms with Crippen molar-refractivity contribution in [3.05, 3.63) is 23.3 Å². The average molecular weight is 366 g/mol. The standard InChI is InChI=1S/C17H22N2O7/c1-9(2)18-17(23)19-15(21)10(3)26-16(22)13-11(8-20)6-7-12(24-4)14(13)25-5/h6-10H,1-5H3,(H2,18,19,21,23)/t10-/m1/s1. The number of urea groups is 1. The maximum absolute atomic E-state index is 12.5. The van der Waals surface area contributed by atoms with Gasteiger partial charge in [-0.05, 0) is 32.9 Å². The summed E-state index contributed by atoms with van der Waals surface area (Å²) in [7, 11) is 2.67. The zero-order valence-corrected chi connectivity index (χ0v) is 15.2. The van der Waals surface area contributed by atoms with Crippen molar-refractivity contribution < 1.29 is 33.4 Å². The van der Waals surface area contributed by atoms with Gasteiger partial charge in [0, 0.05) is 11.6 Å². The maximum Gasteiger partial charge on any atom is 0.343 e. The molecule has 0 unspecified atom stereocenters. The zero-order valence-electron chi connectivity index (χ0n) is 15.2. The number of rotatable bonds is 7. The first-order valence-corrected chi connectivity index (χ1v) is 7.77. The van der Waals surface area contributed by atoms with Gasteiger partial charge >= 0.3 is 12.0 Å². The molecule has 0 aromatic heterocycles. The van der Waals surface area contributed by atoms with Crippen LogP contribution in [0, 0.1) is 0 Å². The van der Waals surface area contributed by atoms with Crippen LogP contribution in [0.15, 0.2) is 12.1 Å². The minimum absolute atomic E-state index is 0.00672. The summed E-state index contributed by atoms with van der Waals surface area (Å²) in [4.78, 5) is 47.2. The molecule has 0 saturated carbocycles. The van der Waals surface area contributed by atoms with E-state index in [0.717, 1.165) is 0 Å². The first kappa shape index (κ1) is 20.9. The number of ether oxygens (including phenoxy) is 3. The van der Waals surface area contributed by atoms with Crippen molar-refractivity contribution >= 4 is 24.2 Å². The van der Waals surface area contributed by atoms with E-state index in [4.69, 9.17) is 14.2 Å². The number of nitrogens with one attached hydrogen (secondary N) is 2. The van der Waals surface area contributed by atoms with E-state index in [9.17, 15) is 19.2 Å². The Morgan fingerprint density at radius 1 is 1.08 bits per heavy atom. The number of carbonyl (C=O) groups excluding carboxylic acids is 4. The monoisotopic (exact) mass is 366 g/mol. The molecule has 0 heterocycles. The first-order valence-electron chi connectivity index (χ1n) is 7.77. The molecule has 1 rings (SSSR count). The number of methoxy groups -OCH3 is 2. The number of esters is 1. The van der Waals surface area contributed by atoms with E-state index in [1.165, 1.54) is 33.3 Å². The lowest BCUT2D eigenvalue weighted by Crippen LogP contribution is -2.46. The van der Waals surface area contributed by atoms with Gasteiger partial charge in [-0.25, -0.2) is 9.59 Å². The summed E-state index contributed by atoms with van der Waals surface area (Å²) in [6, 6.07) is 1.95. The quantitative estimate of drug-likeness (QED) is 0.551. The van der Waals surface area contributed by atoms with Crippen molar-refractivity contribution in [3.8, 4) is 11.5 Å². The molecule has 0 radical (unpaired) electrons. The normalized spacial score (nSPS) is 11.3. The second-order valence-electron chi connectivity index (χ2n) is 5.55. The van der Waals surface area contributed by atoms with Crippen LogP contribution in [0.5, 0.6) is 11.5 Å². The lowest BCUT2D eigenvalue weighted by Gasteiger charge is -2.17. The Balaban J connectivity index is 2.98. The van der Waals surface area contributed by atoms with Crippen molar-refractivity contribution in [1.29, 1.82) is 0 Å². The number of aldehydes is 1. The molecule has 1 aromatic carbocycles. The molecule has 0 bridgehead atoms. The Bertz CT molecular complexity index is 701. The van der Waals surface area contributed by atoms with Crippen LogP contribution in [-0.2, 0) is 9.53 Å². The van der Waals surface area contributed by atoms with Crippen molar-refractivity contribution in [3.63, 3.8) is 0 Å². The highest BCUT2D eigenvalue weighted by Crippen LogP contribution is 2.33. The zero-order chi connectivity index (χ0) is 19.9. The minimum atomic E-state index is -1.28. The molecule has 3 amide bonds. The summed E-state index contributed by atoms with van der Waals surface area (Å²) < 4.78 is 15.3. The van der Waals surface area contributed by atoms with Crippen LogP contribution in [-0.4, -0.2) is 50.6 Å². The van der Waals surface area contributed by atoms with Gasteiger partial charge in [0.05, 0.1) is 14.2 Å². The summed E-state index contributed by atoms with van der Waals surface area (Å²) in [5, 5.41) is 4.53. The van der Waals surface area contributed by atoms with Gasteiger partial charge < -0.3 is 19.5 Å². The molecule has 0 aliphatic carbocycles. The highest BCUT2D eigenvalue weighted by atomic mass is 16.6. The van der Waals surface area contributed by atoms with Gasteiger partial charge in [-0.2, -0.15) is 0 Å². The lowest BCUT2D eigenvalue weighted by molar-refractivity contribution is -0.127. The van der Waals surface area contributed by atoms with Gasteiger partial charge in [0.2, 0.25) is 0 Å². The number of amides is 3. The van der Waals surface area contributed by atoms with E-state index < -0.39 is 24.0 Å². The minimum Gasteiger partial charge on any atom is -0.493 e. The van der Waals surface area contributed by atoms with Crippen molar-refractivity contribution in [1.82, 2.24) is 10.6 Å². The smallest absolute Gasteiger partial charge is 0.343 e. The SMILES string of the molecule is COc1ccc(C=O)c(C(=O)O[C@H](C)C(=O)NC(=O)NC(C)C)c1OC. The Labute approximate surface area is 151 Å². The fourth-order valence-corrected chi connectivity index (χ4v) is 2.04. The van der Waals surface area contributed by atoms with Gasteiger partial charge in [0.15, 0.2) is 23.9 Å². The molecule has 26 heavy (non-hydrogen) atoms. The Morgan fingerprint density at radius 2 is 1.73 bits per heavy atom. The molecule has 0 fully saturated rings. The number of hydrogen-bond acceptors (Lipinski definition) is 7. The third-order valence-corrected chi connectivity index (χ3v) is 3.22. The van der Waals surface area contributed by atoms with Crippen LogP contribution in [0.3, 0.4) is 0 Å². The number of carbonyl (C=O) groups is 4. The fraction of sp³-hybridized carbons (Fsp3) is 0.412. The lowest BCUT2D eigenvalue weighted by atomic mass is 10.1. The van der Waals surface area contributed by atoms with E-state index in [1.807, 2.05) is 0 Å². The maximum atomic E-state index is 12.5. The van der Waals surface area contributed by atoms with E-state index in [-0.39, 0.29) is 28.7 Å². The van der Waals surface area contributed by atoms with Gasteiger partial charge in [0.1, 0.15) is 5.56 Å². The summed E-state index contributed by atoms with van der Waals surface area (Å²) in [5.41, 5.74) is -0.161. The van der Waals surface area contributed by atoms with Crippen LogP contribution < -0.4 is 20.1 Å². The number of benzene rings is 1. The fourth-order valence-electron chi connectivity index (χ4n) is 2.04. The molecule has 2 N–H and O–H groups in total. The van der Waals surface area contributed by atoms with Crippen molar-refractivity contribution in [2.24, 2.45) is 0 Å². The van der Waals surface area contributed by atoms with Crippen molar-refractivity contribution in [2.75, 3.05) is 14.2 Å². The topological polar surface area (TPSA) is 120 Å². The molecule has 0 aliphatic heterocycles. The van der Waals surface area contributed by atoms with Gasteiger partial charge in [-0.15, -0.1) is 0 Å². The predicted octanol–water partition coefficient (Wildman–Crippen LogP) is 1.30. The van der Waals surface area contributed by atoms with Crippen LogP contribution in [0.2, 0.25) is 0 Å². The molecule has 0 spiro atoms.